The average Bonchev–Trinajstić information content (AvgIpc) is 2.40. The molecule has 18 heavy (non-hydrogen) atoms. The van der Waals surface area contributed by atoms with Crippen molar-refractivity contribution in [3.05, 3.63) is 0 Å². The van der Waals surface area contributed by atoms with Gasteiger partial charge in [-0.15, -0.1) is 0 Å². The number of hydrogen-bond acceptors (Lipinski definition) is 1. The van der Waals surface area contributed by atoms with Crippen molar-refractivity contribution in [3.63, 3.8) is 0 Å². The van der Waals surface area contributed by atoms with Crippen LogP contribution < -0.4 is 0 Å². The van der Waals surface area contributed by atoms with Gasteiger partial charge in [0.05, 0.1) is 19.6 Å². The summed E-state index contributed by atoms with van der Waals surface area (Å²) in [7, 11) is 0. The van der Waals surface area contributed by atoms with Crippen LogP contribution in [0, 0.1) is 0 Å². The maximum absolute atomic E-state index is 9.83. The molecule has 0 aromatic rings. The van der Waals surface area contributed by atoms with E-state index in [4.69, 9.17) is 0 Å². The molecule has 0 saturated carbocycles. The summed E-state index contributed by atoms with van der Waals surface area (Å²) in [6, 6.07) is 0. The van der Waals surface area contributed by atoms with Gasteiger partial charge in [-0.25, -0.2) is 0 Å². The van der Waals surface area contributed by atoms with Crippen LogP contribution >= 0.6 is 0 Å². The summed E-state index contributed by atoms with van der Waals surface area (Å²) in [6.07, 6.45) is 11.6. The lowest BCUT2D eigenvalue weighted by atomic mass is 10.1. The summed E-state index contributed by atoms with van der Waals surface area (Å²) in [5.74, 6) is 0. The Morgan fingerprint density at radius 2 is 1.06 bits per heavy atom. The quantitative estimate of drug-likeness (QED) is 0.296. The number of aliphatic hydroxyl groups excluding tert-OH is 1. The monoisotopic (exact) mass is 258 g/mol. The SMILES string of the molecule is CCCCCC[N+](CO)(CCCC)CCCCC. The van der Waals surface area contributed by atoms with Crippen LogP contribution in [0.1, 0.15) is 78.6 Å². The largest absolute Gasteiger partial charge is 0.347 e. The molecule has 1 atom stereocenters. The van der Waals surface area contributed by atoms with Crippen LogP contribution in [0.4, 0.5) is 0 Å². The number of quaternary nitrogens is 1. The Balaban J connectivity index is 4.15. The van der Waals surface area contributed by atoms with Crippen molar-refractivity contribution in [3.8, 4) is 0 Å². The Morgan fingerprint density at radius 3 is 1.56 bits per heavy atom. The van der Waals surface area contributed by atoms with Gasteiger partial charge in [-0.1, -0.05) is 46.5 Å². The van der Waals surface area contributed by atoms with Crippen molar-refractivity contribution in [2.75, 3.05) is 26.4 Å². The van der Waals surface area contributed by atoms with E-state index in [0.29, 0.717) is 6.73 Å². The van der Waals surface area contributed by atoms with Gasteiger partial charge >= 0.3 is 0 Å². The Labute approximate surface area is 115 Å². The molecule has 0 fully saturated rings. The zero-order chi connectivity index (χ0) is 13.7. The molecule has 0 aromatic heterocycles. The number of unbranched alkanes of at least 4 members (excludes halogenated alkanes) is 6. The summed E-state index contributed by atoms with van der Waals surface area (Å²) in [6.45, 7) is 10.6. The van der Waals surface area contributed by atoms with Crippen LogP contribution in [-0.4, -0.2) is 36.0 Å². The van der Waals surface area contributed by atoms with Crippen LogP contribution in [0.5, 0.6) is 0 Å². The van der Waals surface area contributed by atoms with Crippen molar-refractivity contribution < 1.29 is 9.59 Å². The molecule has 2 nitrogen and oxygen atoms in total. The molecule has 0 aromatic carbocycles. The summed E-state index contributed by atoms with van der Waals surface area (Å²) in [5.41, 5.74) is 0. The van der Waals surface area contributed by atoms with E-state index in [-0.39, 0.29) is 0 Å². The molecule has 0 radical (unpaired) electrons. The van der Waals surface area contributed by atoms with E-state index in [1.807, 2.05) is 0 Å². The molecular weight excluding hydrogens is 222 g/mol. The topological polar surface area (TPSA) is 20.2 Å². The Hall–Kier alpha value is -0.0800. The third-order valence-corrected chi connectivity index (χ3v) is 4.01. The van der Waals surface area contributed by atoms with Gasteiger partial charge < -0.3 is 9.59 Å². The fourth-order valence-electron chi connectivity index (χ4n) is 2.61. The number of aliphatic hydroxyl groups is 1. The fourth-order valence-corrected chi connectivity index (χ4v) is 2.61. The predicted molar refractivity (Wildman–Crippen MR) is 80.5 cm³/mol. The van der Waals surface area contributed by atoms with Crippen LogP contribution in [0.3, 0.4) is 0 Å². The second-order valence-corrected chi connectivity index (χ2v) is 5.78. The number of rotatable bonds is 13. The Bertz CT molecular complexity index is 172. The molecule has 0 aliphatic heterocycles. The first kappa shape index (κ1) is 17.9. The van der Waals surface area contributed by atoms with Crippen molar-refractivity contribution in [1.82, 2.24) is 0 Å². The second-order valence-electron chi connectivity index (χ2n) is 5.78. The number of nitrogens with zero attached hydrogens (tertiary/aromatic N) is 1. The average molecular weight is 258 g/mol. The van der Waals surface area contributed by atoms with E-state index in [2.05, 4.69) is 20.8 Å². The highest BCUT2D eigenvalue weighted by molar-refractivity contribution is 4.47. The minimum Gasteiger partial charge on any atom is -0.347 e. The summed E-state index contributed by atoms with van der Waals surface area (Å²) in [4.78, 5) is 0. The zero-order valence-corrected chi connectivity index (χ0v) is 13.1. The van der Waals surface area contributed by atoms with Gasteiger partial charge in [0.15, 0.2) is 6.73 Å². The standard InChI is InChI=1S/C16H36NO/c1-4-7-10-12-15-17(16-18,13-9-6-3)14-11-8-5-2/h18H,4-16H2,1-3H3/q+1. The molecule has 0 bridgehead atoms. The highest BCUT2D eigenvalue weighted by Crippen LogP contribution is 2.15. The normalized spacial score (nSPS) is 14.7. The zero-order valence-electron chi connectivity index (χ0n) is 13.1. The van der Waals surface area contributed by atoms with Crippen LogP contribution in [0.15, 0.2) is 0 Å². The minimum absolute atomic E-state index is 0.343. The highest BCUT2D eigenvalue weighted by Gasteiger charge is 2.24. The molecule has 1 unspecified atom stereocenters. The molecule has 2 heteroatoms. The van der Waals surface area contributed by atoms with Gasteiger partial charge in [0, 0.05) is 0 Å². The summed E-state index contributed by atoms with van der Waals surface area (Å²) in [5, 5.41) is 9.83. The van der Waals surface area contributed by atoms with Crippen LogP contribution in [-0.2, 0) is 0 Å². The molecular formula is C16H36NO+. The van der Waals surface area contributed by atoms with E-state index >= 15 is 0 Å². The van der Waals surface area contributed by atoms with Gasteiger partial charge in [-0.3, -0.25) is 0 Å². The second kappa shape index (κ2) is 12.0. The molecule has 0 amide bonds. The van der Waals surface area contributed by atoms with E-state index < -0.39 is 0 Å². The third-order valence-electron chi connectivity index (χ3n) is 4.01. The maximum Gasteiger partial charge on any atom is 0.180 e. The van der Waals surface area contributed by atoms with E-state index in [9.17, 15) is 5.11 Å². The van der Waals surface area contributed by atoms with Gasteiger partial charge in [0.1, 0.15) is 0 Å². The highest BCUT2D eigenvalue weighted by atomic mass is 16.3. The van der Waals surface area contributed by atoms with E-state index in [1.165, 1.54) is 77.4 Å². The smallest absolute Gasteiger partial charge is 0.180 e. The van der Waals surface area contributed by atoms with E-state index in [0.717, 1.165) is 4.48 Å². The fraction of sp³-hybridized carbons (Fsp3) is 1.00. The van der Waals surface area contributed by atoms with Crippen molar-refractivity contribution in [1.29, 1.82) is 0 Å². The lowest BCUT2D eigenvalue weighted by Gasteiger charge is -2.37. The van der Waals surface area contributed by atoms with Crippen molar-refractivity contribution in [2.45, 2.75) is 78.6 Å². The third kappa shape index (κ3) is 8.10. The molecule has 0 heterocycles. The molecule has 0 rings (SSSR count). The lowest BCUT2D eigenvalue weighted by molar-refractivity contribution is -0.945. The summed E-state index contributed by atoms with van der Waals surface area (Å²) < 4.78 is 0.956. The van der Waals surface area contributed by atoms with Crippen molar-refractivity contribution in [2.24, 2.45) is 0 Å². The molecule has 0 spiro atoms. The first-order valence-electron chi connectivity index (χ1n) is 8.20. The first-order chi connectivity index (χ1) is 8.74. The van der Waals surface area contributed by atoms with Crippen LogP contribution in [0.2, 0.25) is 0 Å². The molecule has 110 valence electrons. The van der Waals surface area contributed by atoms with Gasteiger partial charge in [-0.05, 0) is 32.1 Å². The molecule has 0 aliphatic carbocycles. The summed E-state index contributed by atoms with van der Waals surface area (Å²) >= 11 is 0. The lowest BCUT2D eigenvalue weighted by Crippen LogP contribution is -2.50. The predicted octanol–water partition coefficient (Wildman–Crippen LogP) is 4.32. The van der Waals surface area contributed by atoms with Crippen molar-refractivity contribution >= 4 is 0 Å². The number of hydrogen-bond donors (Lipinski definition) is 1. The molecule has 0 aliphatic rings. The molecule has 0 saturated heterocycles. The van der Waals surface area contributed by atoms with Gasteiger partial charge in [0.25, 0.3) is 0 Å². The van der Waals surface area contributed by atoms with E-state index in [1.54, 1.807) is 0 Å². The Kier molecular flexibility index (Phi) is 11.9. The van der Waals surface area contributed by atoms with Gasteiger partial charge in [-0.2, -0.15) is 0 Å². The first-order valence-corrected chi connectivity index (χ1v) is 8.20. The van der Waals surface area contributed by atoms with Gasteiger partial charge in [0.2, 0.25) is 0 Å². The Morgan fingerprint density at radius 1 is 0.611 bits per heavy atom. The molecule has 1 N–H and O–H groups in total. The maximum atomic E-state index is 9.83. The van der Waals surface area contributed by atoms with Crippen LogP contribution in [0.25, 0.3) is 0 Å². The minimum atomic E-state index is 0.343.